The molecule has 5 N–H and O–H groups in total. The van der Waals surface area contributed by atoms with Crippen LogP contribution in [0.4, 0.5) is 0 Å². The second-order valence-corrected chi connectivity index (χ2v) is 3.23. The minimum absolute atomic E-state index is 0.334. The number of hydrogen-bond donors (Lipinski definition) is 4. The zero-order valence-electron chi connectivity index (χ0n) is 8.96. The van der Waals surface area contributed by atoms with E-state index in [1.54, 1.807) is 6.92 Å². The highest BCUT2D eigenvalue weighted by atomic mass is 16.4. The van der Waals surface area contributed by atoms with Crippen molar-refractivity contribution in [1.29, 1.82) is 0 Å². The number of hydrazine groups is 1. The van der Waals surface area contributed by atoms with Crippen molar-refractivity contribution in [1.82, 2.24) is 10.0 Å². The Morgan fingerprint density at radius 3 is 1.64 bits per heavy atom. The third kappa shape index (κ3) is 3.87. The van der Waals surface area contributed by atoms with Gasteiger partial charge in [0.25, 0.3) is 0 Å². The first kappa shape index (κ1) is 13.8. The molecule has 14 heavy (non-hydrogen) atoms. The zero-order chi connectivity index (χ0) is 11.3. The topological polar surface area (TPSA) is 93.2 Å². The van der Waals surface area contributed by atoms with Crippen LogP contribution in [0.25, 0.3) is 0 Å². The second kappa shape index (κ2) is 6.28. The van der Waals surface area contributed by atoms with E-state index in [4.69, 9.17) is 5.73 Å². The van der Waals surface area contributed by atoms with Crippen molar-refractivity contribution in [3.63, 3.8) is 0 Å². The van der Waals surface area contributed by atoms with E-state index in [1.807, 2.05) is 0 Å². The van der Waals surface area contributed by atoms with E-state index >= 15 is 0 Å². The third-order valence-corrected chi connectivity index (χ3v) is 1.85. The van der Waals surface area contributed by atoms with Gasteiger partial charge in [-0.3, -0.25) is 0 Å². The summed E-state index contributed by atoms with van der Waals surface area (Å²) in [6.07, 6.45) is -2.56. The maximum absolute atomic E-state index is 9.42. The van der Waals surface area contributed by atoms with Crippen molar-refractivity contribution in [3.05, 3.63) is 0 Å². The van der Waals surface area contributed by atoms with Gasteiger partial charge in [-0.25, -0.2) is 5.01 Å². The van der Waals surface area contributed by atoms with E-state index in [2.05, 4.69) is 0 Å². The molecule has 0 aromatic heterocycles. The number of nitrogens with zero attached hydrogens (tertiary/aromatic N) is 2. The maximum atomic E-state index is 9.42. The monoisotopic (exact) mass is 207 g/mol. The predicted octanol–water partition coefficient (Wildman–Crippen LogP) is -1.52. The van der Waals surface area contributed by atoms with Crippen molar-refractivity contribution in [2.75, 3.05) is 13.1 Å². The van der Waals surface area contributed by atoms with Crippen LogP contribution in [-0.2, 0) is 0 Å². The molecule has 0 aliphatic rings. The molecule has 0 rings (SSSR count). The van der Waals surface area contributed by atoms with Crippen LogP contribution in [0.5, 0.6) is 0 Å². The van der Waals surface area contributed by atoms with Crippen LogP contribution < -0.4 is 5.73 Å². The highest BCUT2D eigenvalue weighted by molar-refractivity contribution is 4.61. The minimum atomic E-state index is -0.879. The third-order valence-electron chi connectivity index (χ3n) is 1.85. The van der Waals surface area contributed by atoms with Gasteiger partial charge in [0.2, 0.25) is 0 Å². The molecule has 3 atom stereocenters. The Labute approximate surface area is 84.5 Å². The lowest BCUT2D eigenvalue weighted by atomic mass is 10.4. The molecule has 0 spiro atoms. The van der Waals surface area contributed by atoms with E-state index in [0.29, 0.717) is 13.1 Å². The van der Waals surface area contributed by atoms with E-state index in [0.717, 1.165) is 0 Å². The van der Waals surface area contributed by atoms with Crippen molar-refractivity contribution in [2.45, 2.75) is 39.5 Å². The molecule has 6 heteroatoms. The standard InChI is InChI=1S/C8H21N3O3/c1-6(12)10(5-4-9)11(7(2)13)8(3)14/h6-8,12-14H,4-5,9H2,1-3H3. The molecular formula is C8H21N3O3. The summed E-state index contributed by atoms with van der Waals surface area (Å²) in [6.45, 7) is 5.28. The van der Waals surface area contributed by atoms with E-state index < -0.39 is 18.7 Å². The number of hydrogen-bond acceptors (Lipinski definition) is 6. The van der Waals surface area contributed by atoms with E-state index in [1.165, 1.54) is 23.9 Å². The fourth-order valence-electron chi connectivity index (χ4n) is 1.37. The minimum Gasteiger partial charge on any atom is -0.377 e. The molecule has 0 heterocycles. The SMILES string of the molecule is CC(O)N(CCN)N(C(C)O)C(C)O. The molecule has 0 bridgehead atoms. The van der Waals surface area contributed by atoms with E-state index in [-0.39, 0.29) is 0 Å². The lowest BCUT2D eigenvalue weighted by Gasteiger charge is -2.40. The summed E-state index contributed by atoms with van der Waals surface area (Å²) in [5.74, 6) is 0. The Balaban J connectivity index is 4.55. The van der Waals surface area contributed by atoms with Gasteiger partial charge >= 0.3 is 0 Å². The van der Waals surface area contributed by atoms with Gasteiger partial charge in [-0.1, -0.05) is 0 Å². The molecular weight excluding hydrogens is 186 g/mol. The van der Waals surface area contributed by atoms with Crippen molar-refractivity contribution in [3.8, 4) is 0 Å². The lowest BCUT2D eigenvalue weighted by molar-refractivity contribution is -0.247. The van der Waals surface area contributed by atoms with Gasteiger partial charge in [0.1, 0.15) is 18.7 Å². The van der Waals surface area contributed by atoms with Crippen LogP contribution in [0.2, 0.25) is 0 Å². The average molecular weight is 207 g/mol. The van der Waals surface area contributed by atoms with Gasteiger partial charge in [-0.05, 0) is 20.8 Å². The Morgan fingerprint density at radius 1 is 1.00 bits per heavy atom. The quantitative estimate of drug-likeness (QED) is 0.312. The molecule has 0 saturated carbocycles. The number of aliphatic hydroxyl groups is 3. The molecule has 0 aromatic rings. The number of nitrogens with two attached hydrogens (primary N) is 1. The average Bonchev–Trinajstić information content (AvgIpc) is 2.01. The highest BCUT2D eigenvalue weighted by Crippen LogP contribution is 2.09. The fraction of sp³-hybridized carbons (Fsp3) is 1.00. The van der Waals surface area contributed by atoms with Crippen LogP contribution >= 0.6 is 0 Å². The summed E-state index contributed by atoms with van der Waals surface area (Å²) in [4.78, 5) is 0. The smallest absolute Gasteiger partial charge is 0.120 e. The second-order valence-electron chi connectivity index (χ2n) is 3.23. The molecule has 86 valence electrons. The lowest BCUT2D eigenvalue weighted by Crippen LogP contribution is -2.56. The summed E-state index contributed by atoms with van der Waals surface area (Å²) in [5.41, 5.74) is 5.36. The summed E-state index contributed by atoms with van der Waals surface area (Å²) < 4.78 is 0. The van der Waals surface area contributed by atoms with Gasteiger partial charge in [0.05, 0.1) is 0 Å². The fourth-order valence-corrected chi connectivity index (χ4v) is 1.37. The van der Waals surface area contributed by atoms with Gasteiger partial charge in [-0.2, -0.15) is 5.01 Å². The molecule has 0 radical (unpaired) electrons. The molecule has 0 aliphatic heterocycles. The molecule has 0 fully saturated rings. The Hall–Kier alpha value is -0.240. The molecule has 6 nitrogen and oxygen atoms in total. The highest BCUT2D eigenvalue weighted by Gasteiger charge is 2.26. The Morgan fingerprint density at radius 2 is 1.43 bits per heavy atom. The van der Waals surface area contributed by atoms with Crippen LogP contribution in [0.1, 0.15) is 20.8 Å². The van der Waals surface area contributed by atoms with Gasteiger partial charge in [0.15, 0.2) is 0 Å². The van der Waals surface area contributed by atoms with Gasteiger partial charge in [0, 0.05) is 13.1 Å². The first-order valence-corrected chi connectivity index (χ1v) is 4.71. The van der Waals surface area contributed by atoms with Crippen LogP contribution in [0, 0.1) is 0 Å². The van der Waals surface area contributed by atoms with Crippen molar-refractivity contribution >= 4 is 0 Å². The number of rotatable bonds is 6. The molecule has 0 amide bonds. The van der Waals surface area contributed by atoms with E-state index in [9.17, 15) is 15.3 Å². The molecule has 0 aromatic carbocycles. The first-order valence-electron chi connectivity index (χ1n) is 4.71. The Bertz CT molecular complexity index is 145. The van der Waals surface area contributed by atoms with Crippen molar-refractivity contribution < 1.29 is 15.3 Å². The maximum Gasteiger partial charge on any atom is 0.120 e. The number of aliphatic hydroxyl groups excluding tert-OH is 3. The molecule has 0 saturated heterocycles. The van der Waals surface area contributed by atoms with Gasteiger partial charge in [-0.15, -0.1) is 0 Å². The summed E-state index contributed by atoms with van der Waals surface area (Å²) in [7, 11) is 0. The Kier molecular flexibility index (Phi) is 6.17. The van der Waals surface area contributed by atoms with Crippen molar-refractivity contribution in [2.24, 2.45) is 5.73 Å². The summed E-state index contributed by atoms with van der Waals surface area (Å²) in [6, 6.07) is 0. The summed E-state index contributed by atoms with van der Waals surface area (Å²) in [5, 5.41) is 30.9. The molecule has 3 unspecified atom stereocenters. The van der Waals surface area contributed by atoms with Crippen LogP contribution in [0.15, 0.2) is 0 Å². The normalized spacial score (nSPS) is 18.6. The van der Waals surface area contributed by atoms with Crippen LogP contribution in [-0.4, -0.2) is 57.1 Å². The largest absolute Gasteiger partial charge is 0.377 e. The predicted molar refractivity (Wildman–Crippen MR) is 52.6 cm³/mol. The zero-order valence-corrected chi connectivity index (χ0v) is 8.96. The van der Waals surface area contributed by atoms with Crippen LogP contribution in [0.3, 0.4) is 0 Å². The van der Waals surface area contributed by atoms with Gasteiger partial charge < -0.3 is 21.1 Å². The first-order chi connectivity index (χ1) is 6.41. The summed E-state index contributed by atoms with van der Waals surface area (Å²) >= 11 is 0. The molecule has 0 aliphatic carbocycles.